The summed E-state index contributed by atoms with van der Waals surface area (Å²) in [6.45, 7) is 8.41. The Morgan fingerprint density at radius 1 is 1.33 bits per heavy atom. The van der Waals surface area contributed by atoms with Crippen molar-refractivity contribution >= 4 is 0 Å². The van der Waals surface area contributed by atoms with Crippen LogP contribution in [0.1, 0.15) is 0 Å². The second kappa shape index (κ2) is 5.07. The predicted molar refractivity (Wildman–Crippen MR) is 36.7 cm³/mol. The molecule has 0 aliphatic carbocycles. The van der Waals surface area contributed by atoms with Gasteiger partial charge in [0, 0.05) is 0 Å². The summed E-state index contributed by atoms with van der Waals surface area (Å²) in [5.41, 5.74) is 0. The van der Waals surface area contributed by atoms with Crippen LogP contribution in [0.3, 0.4) is 0 Å². The Kier molecular flexibility index (Phi) is 4.47. The standard InChI is InChI=1S/C7H10N2/c1-3-5-9(7-8)6-4-2/h3-4H,1-2,5-6H2/p+1. The van der Waals surface area contributed by atoms with Gasteiger partial charge in [-0.25, -0.2) is 4.90 Å². The maximum Gasteiger partial charge on any atom is 0.307 e. The van der Waals surface area contributed by atoms with E-state index in [1.165, 1.54) is 0 Å². The molecule has 0 heterocycles. The summed E-state index contributed by atoms with van der Waals surface area (Å²) in [6, 6.07) is 0. The summed E-state index contributed by atoms with van der Waals surface area (Å²) < 4.78 is 0. The minimum atomic E-state index is 0.683. The van der Waals surface area contributed by atoms with Crippen molar-refractivity contribution in [2.75, 3.05) is 13.1 Å². The van der Waals surface area contributed by atoms with Crippen molar-refractivity contribution in [1.29, 1.82) is 5.26 Å². The molecule has 0 bridgehead atoms. The highest BCUT2D eigenvalue weighted by atomic mass is 15.1. The van der Waals surface area contributed by atoms with Crippen molar-refractivity contribution in [1.82, 2.24) is 0 Å². The first-order valence-corrected chi connectivity index (χ1v) is 2.81. The molecule has 2 heteroatoms. The molecule has 0 amide bonds. The molecule has 0 spiro atoms. The van der Waals surface area contributed by atoms with Gasteiger partial charge in [-0.3, -0.25) is 0 Å². The molecule has 0 aliphatic rings. The third kappa shape index (κ3) is 3.51. The lowest BCUT2D eigenvalue weighted by Crippen LogP contribution is -3.07. The summed E-state index contributed by atoms with van der Waals surface area (Å²) in [4.78, 5) is 0.819. The van der Waals surface area contributed by atoms with E-state index >= 15 is 0 Å². The first-order valence-electron chi connectivity index (χ1n) is 2.81. The number of rotatable bonds is 4. The molecule has 0 aliphatic heterocycles. The van der Waals surface area contributed by atoms with Crippen molar-refractivity contribution in [2.45, 2.75) is 0 Å². The fourth-order valence-electron chi connectivity index (χ4n) is 0.523. The highest BCUT2D eigenvalue weighted by Gasteiger charge is 1.98. The molecule has 0 saturated carbocycles. The van der Waals surface area contributed by atoms with Gasteiger partial charge in [0.1, 0.15) is 13.1 Å². The Morgan fingerprint density at radius 2 is 1.78 bits per heavy atom. The molecule has 0 aromatic carbocycles. The number of nitrogens with one attached hydrogen (secondary N) is 1. The normalized spacial score (nSPS) is 8.44. The Hall–Kier alpha value is -1.07. The van der Waals surface area contributed by atoms with Gasteiger partial charge in [0.25, 0.3) is 0 Å². The lowest BCUT2D eigenvalue weighted by atomic mass is 10.5. The second-order valence-electron chi connectivity index (χ2n) is 1.70. The third-order valence-electron chi connectivity index (χ3n) is 0.940. The van der Waals surface area contributed by atoms with Crippen LogP contribution >= 0.6 is 0 Å². The van der Waals surface area contributed by atoms with Gasteiger partial charge in [0.15, 0.2) is 0 Å². The highest BCUT2D eigenvalue weighted by Crippen LogP contribution is 1.53. The summed E-state index contributed by atoms with van der Waals surface area (Å²) in [7, 11) is 0. The molecular formula is C7H11N2+. The maximum absolute atomic E-state index is 8.41. The summed E-state index contributed by atoms with van der Waals surface area (Å²) >= 11 is 0. The topological polar surface area (TPSA) is 28.2 Å². The monoisotopic (exact) mass is 123 g/mol. The zero-order valence-corrected chi connectivity index (χ0v) is 5.43. The van der Waals surface area contributed by atoms with Crippen LogP contribution in [0.4, 0.5) is 0 Å². The van der Waals surface area contributed by atoms with Gasteiger partial charge in [-0.15, -0.1) is 5.26 Å². The summed E-state index contributed by atoms with van der Waals surface area (Å²) in [6.07, 6.45) is 5.53. The van der Waals surface area contributed by atoms with Crippen LogP contribution < -0.4 is 4.90 Å². The molecule has 0 rings (SSSR count). The van der Waals surface area contributed by atoms with Crippen LogP contribution in [-0.2, 0) is 0 Å². The van der Waals surface area contributed by atoms with Crippen molar-refractivity contribution in [3.63, 3.8) is 0 Å². The largest absolute Gasteiger partial charge is 0.307 e. The quantitative estimate of drug-likeness (QED) is 0.404. The van der Waals surface area contributed by atoms with Gasteiger partial charge in [-0.05, 0) is 12.2 Å². The zero-order valence-electron chi connectivity index (χ0n) is 5.43. The fraction of sp³-hybridized carbons (Fsp3) is 0.286. The SMILES string of the molecule is C=CC[NH+](C#N)CC=C. The minimum absolute atomic E-state index is 0.683. The van der Waals surface area contributed by atoms with Crippen molar-refractivity contribution in [2.24, 2.45) is 0 Å². The predicted octanol–water partition coefficient (Wildman–Crippen LogP) is -0.276. The first kappa shape index (κ1) is 7.93. The molecule has 0 radical (unpaired) electrons. The molecule has 2 nitrogen and oxygen atoms in total. The van der Waals surface area contributed by atoms with E-state index in [9.17, 15) is 0 Å². The smallest absolute Gasteiger partial charge is 0.228 e. The molecule has 0 fully saturated rings. The van der Waals surface area contributed by atoms with E-state index in [-0.39, 0.29) is 0 Å². The Morgan fingerprint density at radius 3 is 2.00 bits per heavy atom. The molecular weight excluding hydrogens is 112 g/mol. The first-order chi connectivity index (χ1) is 4.35. The van der Waals surface area contributed by atoms with Crippen LogP contribution in [0, 0.1) is 11.5 Å². The van der Waals surface area contributed by atoms with Crippen molar-refractivity contribution in [3.8, 4) is 6.19 Å². The van der Waals surface area contributed by atoms with E-state index in [4.69, 9.17) is 5.26 Å². The molecule has 0 aromatic heterocycles. The molecule has 9 heavy (non-hydrogen) atoms. The van der Waals surface area contributed by atoms with Gasteiger partial charge in [0.05, 0.1) is 0 Å². The summed E-state index contributed by atoms with van der Waals surface area (Å²) in [5, 5.41) is 8.41. The van der Waals surface area contributed by atoms with E-state index in [1.54, 1.807) is 12.2 Å². The van der Waals surface area contributed by atoms with Gasteiger partial charge < -0.3 is 0 Å². The second-order valence-corrected chi connectivity index (χ2v) is 1.70. The number of nitriles is 1. The number of nitrogens with zero attached hydrogens (tertiary/aromatic N) is 1. The molecule has 0 saturated heterocycles. The number of hydrogen-bond acceptors (Lipinski definition) is 1. The summed E-state index contributed by atoms with van der Waals surface area (Å²) in [5.74, 6) is 0. The van der Waals surface area contributed by atoms with Gasteiger partial charge >= 0.3 is 6.19 Å². The minimum Gasteiger partial charge on any atom is -0.228 e. The van der Waals surface area contributed by atoms with Gasteiger partial charge in [0.2, 0.25) is 0 Å². The average Bonchev–Trinajstić information content (AvgIpc) is 1.88. The van der Waals surface area contributed by atoms with E-state index in [0.717, 1.165) is 4.90 Å². The molecule has 0 unspecified atom stereocenters. The number of quaternary nitrogens is 1. The Bertz CT molecular complexity index is 122. The lowest BCUT2D eigenvalue weighted by Gasteiger charge is -2.00. The average molecular weight is 123 g/mol. The number of hydrogen-bond donors (Lipinski definition) is 1. The van der Waals surface area contributed by atoms with Crippen LogP contribution in [0.2, 0.25) is 0 Å². The molecule has 0 atom stereocenters. The van der Waals surface area contributed by atoms with Crippen LogP contribution in [0.25, 0.3) is 0 Å². The fourth-order valence-corrected chi connectivity index (χ4v) is 0.523. The third-order valence-corrected chi connectivity index (χ3v) is 0.940. The van der Waals surface area contributed by atoms with Gasteiger partial charge in [-0.2, -0.15) is 0 Å². The van der Waals surface area contributed by atoms with Crippen LogP contribution in [0.5, 0.6) is 0 Å². The zero-order chi connectivity index (χ0) is 7.11. The van der Waals surface area contributed by atoms with Gasteiger partial charge in [-0.1, -0.05) is 13.2 Å². The molecule has 0 aromatic rings. The maximum atomic E-state index is 8.41. The van der Waals surface area contributed by atoms with E-state index in [1.807, 2.05) is 0 Å². The lowest BCUT2D eigenvalue weighted by molar-refractivity contribution is -0.818. The van der Waals surface area contributed by atoms with Crippen LogP contribution in [-0.4, -0.2) is 13.1 Å². The van der Waals surface area contributed by atoms with Crippen molar-refractivity contribution < 1.29 is 4.90 Å². The molecule has 48 valence electrons. The molecule has 1 N–H and O–H groups in total. The van der Waals surface area contributed by atoms with E-state index < -0.39 is 0 Å². The van der Waals surface area contributed by atoms with E-state index in [0.29, 0.717) is 13.1 Å². The van der Waals surface area contributed by atoms with Crippen LogP contribution in [0.15, 0.2) is 25.3 Å². The van der Waals surface area contributed by atoms with E-state index in [2.05, 4.69) is 19.4 Å². The highest BCUT2D eigenvalue weighted by molar-refractivity contribution is 4.70. The van der Waals surface area contributed by atoms with Crippen molar-refractivity contribution in [3.05, 3.63) is 25.3 Å². The Labute approximate surface area is 55.7 Å². The Balaban J connectivity index is 3.56.